The lowest BCUT2D eigenvalue weighted by Gasteiger charge is -2.07. The second kappa shape index (κ2) is 7.04. The van der Waals surface area contributed by atoms with Crippen LogP contribution >= 0.6 is 0 Å². The number of carbonyl (C=O) groups excluding carboxylic acids is 2. The van der Waals surface area contributed by atoms with E-state index in [1.165, 1.54) is 12.3 Å². The lowest BCUT2D eigenvalue weighted by Crippen LogP contribution is -2.41. The van der Waals surface area contributed by atoms with Gasteiger partial charge in [-0.2, -0.15) is 5.10 Å². The molecule has 2 aromatic heterocycles. The topological polar surface area (TPSA) is 89.2 Å². The van der Waals surface area contributed by atoms with E-state index in [1.54, 1.807) is 17.7 Å². The molecule has 0 bridgehead atoms. The molecule has 0 spiro atoms. The van der Waals surface area contributed by atoms with Crippen molar-refractivity contribution in [3.63, 3.8) is 0 Å². The molecular formula is C18H18N4O3. The third-order valence-corrected chi connectivity index (χ3v) is 3.82. The fraction of sp³-hybridized carbons (Fsp3) is 0.167. The Hall–Kier alpha value is -3.35. The summed E-state index contributed by atoms with van der Waals surface area (Å²) in [5, 5.41) is 4.43. The van der Waals surface area contributed by atoms with Crippen LogP contribution in [0, 0.1) is 13.8 Å². The molecule has 0 saturated heterocycles. The summed E-state index contributed by atoms with van der Waals surface area (Å²) in [6.45, 7) is 4.16. The van der Waals surface area contributed by atoms with Gasteiger partial charge in [-0.3, -0.25) is 25.1 Å². The number of carbonyl (C=O) groups is 2. The molecule has 0 atom stereocenters. The SMILES string of the molecule is Cc1nn(Cc2ccccc2)c(C)c1C(=O)NNC(=O)c1ccco1. The number of nitrogens with zero attached hydrogens (tertiary/aromatic N) is 2. The molecule has 2 amide bonds. The van der Waals surface area contributed by atoms with Crippen molar-refractivity contribution in [1.29, 1.82) is 0 Å². The van der Waals surface area contributed by atoms with Gasteiger partial charge in [0, 0.05) is 5.69 Å². The maximum absolute atomic E-state index is 12.4. The summed E-state index contributed by atoms with van der Waals surface area (Å²) in [4.78, 5) is 24.2. The minimum absolute atomic E-state index is 0.119. The summed E-state index contributed by atoms with van der Waals surface area (Å²) in [6.07, 6.45) is 1.39. The van der Waals surface area contributed by atoms with Crippen LogP contribution in [-0.4, -0.2) is 21.6 Å². The van der Waals surface area contributed by atoms with Gasteiger partial charge in [0.05, 0.1) is 24.1 Å². The number of hydrogen-bond donors (Lipinski definition) is 2. The van der Waals surface area contributed by atoms with Crippen LogP contribution in [0.3, 0.4) is 0 Å². The quantitative estimate of drug-likeness (QED) is 0.714. The molecule has 2 heterocycles. The Balaban J connectivity index is 1.71. The predicted octanol–water partition coefficient (Wildman–Crippen LogP) is 2.22. The van der Waals surface area contributed by atoms with Crippen LogP contribution < -0.4 is 10.9 Å². The summed E-state index contributed by atoms with van der Waals surface area (Å²) < 4.78 is 6.74. The zero-order chi connectivity index (χ0) is 17.8. The average Bonchev–Trinajstić information content (AvgIpc) is 3.23. The molecule has 3 aromatic rings. The van der Waals surface area contributed by atoms with Crippen molar-refractivity contribution in [2.45, 2.75) is 20.4 Å². The summed E-state index contributed by atoms with van der Waals surface area (Å²) in [5.74, 6) is -0.826. The van der Waals surface area contributed by atoms with Crippen molar-refractivity contribution in [2.24, 2.45) is 0 Å². The molecule has 0 radical (unpaired) electrons. The molecule has 0 aliphatic heterocycles. The summed E-state index contributed by atoms with van der Waals surface area (Å²) in [5.41, 5.74) is 7.57. The largest absolute Gasteiger partial charge is 0.459 e. The van der Waals surface area contributed by atoms with E-state index in [0.717, 1.165) is 11.3 Å². The number of hydrogen-bond acceptors (Lipinski definition) is 4. The van der Waals surface area contributed by atoms with E-state index in [-0.39, 0.29) is 5.76 Å². The number of aryl methyl sites for hydroxylation is 1. The minimum atomic E-state index is -0.523. The zero-order valence-corrected chi connectivity index (χ0v) is 13.9. The highest BCUT2D eigenvalue weighted by Gasteiger charge is 2.19. The molecule has 3 rings (SSSR count). The van der Waals surface area contributed by atoms with Crippen LogP contribution in [0.5, 0.6) is 0 Å². The maximum atomic E-state index is 12.4. The van der Waals surface area contributed by atoms with E-state index >= 15 is 0 Å². The Kier molecular flexibility index (Phi) is 4.65. The Bertz CT molecular complexity index is 883. The first-order valence-corrected chi connectivity index (χ1v) is 7.78. The lowest BCUT2D eigenvalue weighted by molar-refractivity contribution is 0.0830. The van der Waals surface area contributed by atoms with Gasteiger partial charge in [0.2, 0.25) is 0 Å². The standard InChI is InChI=1S/C18H18N4O3/c1-12-16(18(24)20-19-17(23)15-9-6-10-25-15)13(2)22(21-12)11-14-7-4-3-5-8-14/h3-10H,11H2,1-2H3,(H,19,23)(H,20,24). The number of aromatic nitrogens is 2. The van der Waals surface area contributed by atoms with Gasteiger partial charge in [-0.05, 0) is 31.5 Å². The molecule has 7 nitrogen and oxygen atoms in total. The number of amides is 2. The van der Waals surface area contributed by atoms with E-state index in [2.05, 4.69) is 16.0 Å². The highest BCUT2D eigenvalue weighted by atomic mass is 16.3. The van der Waals surface area contributed by atoms with E-state index < -0.39 is 11.8 Å². The molecule has 0 fully saturated rings. The first-order valence-electron chi connectivity index (χ1n) is 7.78. The number of rotatable bonds is 4. The highest BCUT2D eigenvalue weighted by Crippen LogP contribution is 2.14. The van der Waals surface area contributed by atoms with Crippen molar-refractivity contribution >= 4 is 11.8 Å². The van der Waals surface area contributed by atoms with Gasteiger partial charge < -0.3 is 4.42 Å². The molecule has 128 valence electrons. The summed E-state index contributed by atoms with van der Waals surface area (Å²) in [6, 6.07) is 13.0. The Morgan fingerprint density at radius 2 is 1.76 bits per heavy atom. The van der Waals surface area contributed by atoms with Gasteiger partial charge in [-0.1, -0.05) is 30.3 Å². The van der Waals surface area contributed by atoms with Crippen LogP contribution in [0.2, 0.25) is 0 Å². The first-order chi connectivity index (χ1) is 12.1. The van der Waals surface area contributed by atoms with Gasteiger partial charge in [0.15, 0.2) is 5.76 Å². The van der Waals surface area contributed by atoms with E-state index in [0.29, 0.717) is 17.8 Å². The lowest BCUT2D eigenvalue weighted by atomic mass is 10.2. The van der Waals surface area contributed by atoms with Gasteiger partial charge in [-0.25, -0.2) is 0 Å². The molecule has 7 heteroatoms. The van der Waals surface area contributed by atoms with Gasteiger partial charge in [-0.15, -0.1) is 0 Å². The number of benzene rings is 1. The van der Waals surface area contributed by atoms with Crippen molar-refractivity contribution in [2.75, 3.05) is 0 Å². The fourth-order valence-electron chi connectivity index (χ4n) is 2.58. The third kappa shape index (κ3) is 3.60. The minimum Gasteiger partial charge on any atom is -0.459 e. The van der Waals surface area contributed by atoms with E-state index in [9.17, 15) is 9.59 Å². The van der Waals surface area contributed by atoms with Crippen LogP contribution in [0.15, 0.2) is 53.1 Å². The first kappa shape index (κ1) is 16.5. The fourth-order valence-corrected chi connectivity index (χ4v) is 2.58. The van der Waals surface area contributed by atoms with Gasteiger partial charge in [0.1, 0.15) is 0 Å². The maximum Gasteiger partial charge on any atom is 0.305 e. The van der Waals surface area contributed by atoms with Crippen LogP contribution in [-0.2, 0) is 6.54 Å². The molecule has 1 aromatic carbocycles. The normalized spacial score (nSPS) is 10.5. The number of nitrogens with one attached hydrogen (secondary N) is 2. The Labute approximate surface area is 144 Å². The molecule has 0 unspecified atom stereocenters. The highest BCUT2D eigenvalue weighted by molar-refractivity contribution is 5.99. The zero-order valence-electron chi connectivity index (χ0n) is 13.9. The van der Waals surface area contributed by atoms with Crippen LogP contribution in [0.4, 0.5) is 0 Å². The van der Waals surface area contributed by atoms with Crippen molar-refractivity contribution in [3.05, 3.63) is 77.0 Å². The van der Waals surface area contributed by atoms with Crippen LogP contribution in [0.25, 0.3) is 0 Å². The number of hydrazine groups is 1. The Morgan fingerprint density at radius 1 is 1.04 bits per heavy atom. The number of furan rings is 1. The van der Waals surface area contributed by atoms with Crippen molar-refractivity contribution < 1.29 is 14.0 Å². The van der Waals surface area contributed by atoms with Gasteiger partial charge >= 0.3 is 5.91 Å². The predicted molar refractivity (Wildman–Crippen MR) is 90.9 cm³/mol. The smallest absolute Gasteiger partial charge is 0.305 e. The van der Waals surface area contributed by atoms with Crippen LogP contribution in [0.1, 0.15) is 37.9 Å². The second-order valence-corrected chi connectivity index (χ2v) is 5.57. The second-order valence-electron chi connectivity index (χ2n) is 5.57. The molecular weight excluding hydrogens is 320 g/mol. The molecule has 0 saturated carbocycles. The third-order valence-electron chi connectivity index (χ3n) is 3.82. The van der Waals surface area contributed by atoms with Gasteiger partial charge in [0.25, 0.3) is 5.91 Å². The van der Waals surface area contributed by atoms with E-state index in [4.69, 9.17) is 4.42 Å². The van der Waals surface area contributed by atoms with Crippen molar-refractivity contribution in [1.82, 2.24) is 20.6 Å². The average molecular weight is 338 g/mol. The molecule has 0 aliphatic carbocycles. The van der Waals surface area contributed by atoms with Crippen molar-refractivity contribution in [3.8, 4) is 0 Å². The molecule has 25 heavy (non-hydrogen) atoms. The summed E-state index contributed by atoms with van der Waals surface area (Å²) in [7, 11) is 0. The Morgan fingerprint density at radius 3 is 2.44 bits per heavy atom. The van der Waals surface area contributed by atoms with E-state index in [1.807, 2.05) is 37.3 Å². The summed E-state index contributed by atoms with van der Waals surface area (Å²) >= 11 is 0. The monoisotopic (exact) mass is 338 g/mol. The molecule has 2 N–H and O–H groups in total. The molecule has 0 aliphatic rings.